The van der Waals surface area contributed by atoms with Gasteiger partial charge in [-0.3, -0.25) is 9.69 Å². The number of fused-ring (bicyclic) bond motifs is 1. The molecule has 0 atom stereocenters. The van der Waals surface area contributed by atoms with Crippen molar-refractivity contribution in [3.05, 3.63) is 59.9 Å². The highest BCUT2D eigenvalue weighted by Gasteiger charge is 2.22. The summed E-state index contributed by atoms with van der Waals surface area (Å²) in [5, 5.41) is 0.617. The van der Waals surface area contributed by atoms with Crippen molar-refractivity contribution >= 4 is 32.6 Å². The summed E-state index contributed by atoms with van der Waals surface area (Å²) in [6, 6.07) is 13.8. The lowest BCUT2D eigenvalue weighted by atomic mass is 10.2. The van der Waals surface area contributed by atoms with Gasteiger partial charge < -0.3 is 4.90 Å². The van der Waals surface area contributed by atoms with E-state index in [0.29, 0.717) is 22.8 Å². The first-order valence-electron chi connectivity index (χ1n) is 8.89. The number of halogens is 1. The molecule has 4 nitrogen and oxygen atoms in total. The summed E-state index contributed by atoms with van der Waals surface area (Å²) in [5.41, 5.74) is 1.35. The van der Waals surface area contributed by atoms with E-state index < -0.39 is 0 Å². The molecular weight excluding hydrogens is 349 g/mol. The lowest BCUT2D eigenvalue weighted by Gasteiger charge is -2.23. The average molecular weight is 372 g/mol. The molecule has 3 aromatic rings. The van der Waals surface area contributed by atoms with Crippen LogP contribution in [0.3, 0.4) is 0 Å². The molecule has 0 radical (unpaired) electrons. The number of carbonyl (C=O) groups excluding carboxylic acids is 1. The van der Waals surface area contributed by atoms with Crippen molar-refractivity contribution in [2.45, 2.75) is 13.8 Å². The molecule has 0 bridgehead atoms. The number of hydrogen-bond acceptors (Lipinski definition) is 3. The second kappa shape index (κ2) is 8.38. The van der Waals surface area contributed by atoms with Crippen LogP contribution in [0, 0.1) is 5.82 Å². The molecule has 0 fully saturated rings. The maximum absolute atomic E-state index is 13.5. The van der Waals surface area contributed by atoms with Crippen molar-refractivity contribution in [1.82, 2.24) is 4.98 Å². The Morgan fingerprint density at radius 1 is 1.15 bits per heavy atom. The van der Waals surface area contributed by atoms with Crippen LogP contribution in [0.2, 0.25) is 0 Å². The molecule has 0 unspecified atom stereocenters. The Balaban J connectivity index is 1.94. The third kappa shape index (κ3) is 4.08. The topological polar surface area (TPSA) is 37.6 Å². The molecule has 26 heavy (non-hydrogen) atoms. The first-order chi connectivity index (χ1) is 12.6. The number of thiazole rings is 1. The van der Waals surface area contributed by atoms with E-state index in [1.807, 2.05) is 30.3 Å². The van der Waals surface area contributed by atoms with Crippen LogP contribution in [-0.2, 0) is 0 Å². The lowest BCUT2D eigenvalue weighted by molar-refractivity contribution is -0.894. The van der Waals surface area contributed by atoms with Gasteiger partial charge in [0.15, 0.2) is 5.13 Å². The predicted molar refractivity (Wildman–Crippen MR) is 105 cm³/mol. The number of anilines is 1. The largest absolute Gasteiger partial charge is 0.334 e. The van der Waals surface area contributed by atoms with Crippen molar-refractivity contribution < 1.29 is 14.1 Å². The monoisotopic (exact) mass is 372 g/mol. The summed E-state index contributed by atoms with van der Waals surface area (Å²) in [5.74, 6) is -0.363. The van der Waals surface area contributed by atoms with Crippen molar-refractivity contribution in [2.24, 2.45) is 0 Å². The van der Waals surface area contributed by atoms with Gasteiger partial charge in [-0.25, -0.2) is 9.37 Å². The fourth-order valence-corrected chi connectivity index (χ4v) is 3.91. The lowest BCUT2D eigenvalue weighted by Crippen LogP contribution is -3.12. The molecule has 0 spiro atoms. The van der Waals surface area contributed by atoms with Crippen molar-refractivity contribution in [2.75, 3.05) is 31.1 Å². The summed E-state index contributed by atoms with van der Waals surface area (Å²) in [6.07, 6.45) is 0. The van der Waals surface area contributed by atoms with Crippen LogP contribution < -0.4 is 9.80 Å². The van der Waals surface area contributed by atoms with E-state index in [0.717, 1.165) is 24.3 Å². The Bertz CT molecular complexity index is 877. The fourth-order valence-electron chi connectivity index (χ4n) is 2.90. The quantitative estimate of drug-likeness (QED) is 0.692. The van der Waals surface area contributed by atoms with E-state index in [-0.39, 0.29) is 11.7 Å². The third-order valence-electron chi connectivity index (χ3n) is 4.52. The van der Waals surface area contributed by atoms with Gasteiger partial charge in [-0.15, -0.1) is 0 Å². The Labute approximate surface area is 156 Å². The fraction of sp³-hybridized carbons (Fsp3) is 0.300. The molecular formula is C20H23FN3OS+. The SMILES string of the molecule is CC[NH+](CC)CCN(C(=O)c1ccccc1)c1nc2ccc(F)cc2s1. The first-order valence-corrected chi connectivity index (χ1v) is 9.70. The van der Waals surface area contributed by atoms with E-state index in [1.165, 1.54) is 28.4 Å². The van der Waals surface area contributed by atoms with Crippen LogP contribution in [-0.4, -0.2) is 37.1 Å². The zero-order chi connectivity index (χ0) is 18.5. The van der Waals surface area contributed by atoms with Gasteiger partial charge in [-0.1, -0.05) is 29.5 Å². The smallest absolute Gasteiger partial charge is 0.260 e. The Morgan fingerprint density at radius 2 is 1.88 bits per heavy atom. The van der Waals surface area contributed by atoms with Gasteiger partial charge in [0.1, 0.15) is 5.82 Å². The van der Waals surface area contributed by atoms with Gasteiger partial charge in [0.2, 0.25) is 0 Å². The Kier molecular flexibility index (Phi) is 5.96. The van der Waals surface area contributed by atoms with Gasteiger partial charge in [0.05, 0.1) is 36.4 Å². The number of quaternary nitrogens is 1. The van der Waals surface area contributed by atoms with E-state index in [9.17, 15) is 9.18 Å². The molecule has 1 N–H and O–H groups in total. The number of amides is 1. The number of aromatic nitrogens is 1. The highest BCUT2D eigenvalue weighted by atomic mass is 32.1. The molecule has 0 saturated carbocycles. The summed E-state index contributed by atoms with van der Waals surface area (Å²) in [6.45, 7) is 7.72. The molecule has 1 heterocycles. The van der Waals surface area contributed by atoms with Crippen molar-refractivity contribution in [1.29, 1.82) is 0 Å². The average Bonchev–Trinajstić information content (AvgIpc) is 3.08. The molecule has 1 amide bonds. The number of nitrogens with zero attached hydrogens (tertiary/aromatic N) is 2. The van der Waals surface area contributed by atoms with Crippen molar-refractivity contribution in [3.63, 3.8) is 0 Å². The maximum Gasteiger partial charge on any atom is 0.260 e. The summed E-state index contributed by atoms with van der Waals surface area (Å²) < 4.78 is 14.3. The van der Waals surface area contributed by atoms with E-state index >= 15 is 0 Å². The first kappa shape index (κ1) is 18.5. The highest BCUT2D eigenvalue weighted by molar-refractivity contribution is 7.22. The number of carbonyl (C=O) groups is 1. The molecule has 0 saturated heterocycles. The van der Waals surface area contributed by atoms with Gasteiger partial charge >= 0.3 is 0 Å². The molecule has 3 rings (SSSR count). The van der Waals surface area contributed by atoms with Crippen LogP contribution >= 0.6 is 11.3 Å². The molecule has 2 aromatic carbocycles. The van der Waals surface area contributed by atoms with E-state index in [1.54, 1.807) is 11.0 Å². The van der Waals surface area contributed by atoms with Crippen LogP contribution in [0.5, 0.6) is 0 Å². The summed E-state index contributed by atoms with van der Waals surface area (Å²) in [7, 11) is 0. The van der Waals surface area contributed by atoms with Gasteiger partial charge in [-0.05, 0) is 44.2 Å². The molecule has 136 valence electrons. The highest BCUT2D eigenvalue weighted by Crippen LogP contribution is 2.30. The Hall–Kier alpha value is -2.31. The molecule has 0 aliphatic heterocycles. The van der Waals surface area contributed by atoms with Crippen LogP contribution in [0.4, 0.5) is 9.52 Å². The van der Waals surface area contributed by atoms with Crippen molar-refractivity contribution in [3.8, 4) is 0 Å². The molecule has 0 aliphatic rings. The second-order valence-electron chi connectivity index (χ2n) is 6.14. The minimum Gasteiger partial charge on any atom is -0.334 e. The van der Waals surface area contributed by atoms with Crippen LogP contribution in [0.1, 0.15) is 24.2 Å². The van der Waals surface area contributed by atoms with Gasteiger partial charge in [0.25, 0.3) is 5.91 Å². The van der Waals surface area contributed by atoms with Gasteiger partial charge in [-0.2, -0.15) is 0 Å². The summed E-state index contributed by atoms with van der Waals surface area (Å²) in [4.78, 5) is 20.8. The number of likely N-dealkylation sites (N-methyl/N-ethyl adjacent to an activating group) is 1. The van der Waals surface area contributed by atoms with Gasteiger partial charge in [0, 0.05) is 5.56 Å². The predicted octanol–water partition coefficient (Wildman–Crippen LogP) is 3.01. The minimum atomic E-state index is -0.291. The Morgan fingerprint density at radius 3 is 2.58 bits per heavy atom. The zero-order valence-corrected chi connectivity index (χ0v) is 15.9. The zero-order valence-electron chi connectivity index (χ0n) is 15.0. The van der Waals surface area contributed by atoms with E-state index in [4.69, 9.17) is 0 Å². The van der Waals surface area contributed by atoms with Crippen LogP contribution in [0.25, 0.3) is 10.2 Å². The number of hydrogen-bond donors (Lipinski definition) is 1. The van der Waals surface area contributed by atoms with E-state index in [2.05, 4.69) is 18.8 Å². The molecule has 6 heteroatoms. The standard InChI is InChI=1S/C20H22FN3OS/c1-3-23(4-2)12-13-24(19(25)15-8-6-5-7-9-15)20-22-17-11-10-16(21)14-18(17)26-20/h5-11,14H,3-4,12-13H2,1-2H3/p+1. The minimum absolute atomic E-state index is 0.0725. The maximum atomic E-state index is 13.5. The second-order valence-corrected chi connectivity index (χ2v) is 7.15. The molecule has 0 aliphatic carbocycles. The number of nitrogens with one attached hydrogen (secondary N) is 1. The normalized spacial score (nSPS) is 11.2. The summed E-state index contributed by atoms with van der Waals surface area (Å²) >= 11 is 1.35. The molecule has 1 aromatic heterocycles. The third-order valence-corrected chi connectivity index (χ3v) is 5.57. The van der Waals surface area contributed by atoms with Crippen LogP contribution in [0.15, 0.2) is 48.5 Å². The number of rotatable bonds is 7. The number of benzene rings is 2.